The molecule has 170 valence electrons. The maximum Gasteiger partial charge on any atom is 0.214 e. The van der Waals surface area contributed by atoms with Gasteiger partial charge >= 0.3 is 0 Å². The van der Waals surface area contributed by atoms with Crippen molar-refractivity contribution in [2.45, 2.75) is 52.2 Å². The van der Waals surface area contributed by atoms with Crippen molar-refractivity contribution in [3.63, 3.8) is 0 Å². The number of hydrogen-bond acceptors (Lipinski definition) is 5. The fourth-order valence-corrected chi connectivity index (χ4v) is 5.07. The van der Waals surface area contributed by atoms with Crippen molar-refractivity contribution in [2.75, 3.05) is 18.8 Å². The first-order valence-electron chi connectivity index (χ1n) is 10.8. The van der Waals surface area contributed by atoms with Crippen molar-refractivity contribution in [3.05, 3.63) is 47.5 Å². The van der Waals surface area contributed by atoms with E-state index in [9.17, 15) is 8.42 Å². The number of guanidine groups is 1. The summed E-state index contributed by atoms with van der Waals surface area (Å²) < 4.78 is 28.2. The molecule has 0 amide bonds. The molecule has 0 spiro atoms. The zero-order valence-corrected chi connectivity index (χ0v) is 19.4. The maximum atomic E-state index is 12.3. The minimum atomic E-state index is -3.14. The van der Waals surface area contributed by atoms with E-state index in [2.05, 4.69) is 20.8 Å². The molecule has 2 N–H and O–H groups in total. The molecule has 0 bridgehead atoms. The van der Waals surface area contributed by atoms with E-state index < -0.39 is 10.0 Å². The number of rotatable bonds is 8. The molecular formula is C21H33N7O2S. The molecule has 0 unspecified atom stereocenters. The molecule has 1 fully saturated rings. The molecule has 0 saturated carbocycles. The number of piperidine rings is 1. The van der Waals surface area contributed by atoms with Crippen LogP contribution in [0.3, 0.4) is 0 Å². The molecule has 2 heterocycles. The van der Waals surface area contributed by atoms with Crippen LogP contribution in [0.1, 0.15) is 43.4 Å². The van der Waals surface area contributed by atoms with E-state index in [1.807, 2.05) is 55.8 Å². The number of aromatic nitrogens is 3. The van der Waals surface area contributed by atoms with Gasteiger partial charge in [0.05, 0.1) is 18.8 Å². The highest BCUT2D eigenvalue weighted by Crippen LogP contribution is 2.15. The topological polar surface area (TPSA) is 105 Å². The van der Waals surface area contributed by atoms with Crippen LogP contribution in [0.25, 0.3) is 0 Å². The highest BCUT2D eigenvalue weighted by molar-refractivity contribution is 7.89. The maximum absolute atomic E-state index is 12.3. The summed E-state index contributed by atoms with van der Waals surface area (Å²) in [5, 5.41) is 15.1. The lowest BCUT2D eigenvalue weighted by molar-refractivity contribution is 0.306. The van der Waals surface area contributed by atoms with Gasteiger partial charge in [-0.15, -0.1) is 10.2 Å². The fraction of sp³-hybridized carbons (Fsp3) is 0.571. The summed E-state index contributed by atoms with van der Waals surface area (Å²) in [5.41, 5.74) is 1.12. The van der Waals surface area contributed by atoms with E-state index >= 15 is 0 Å². The average molecular weight is 448 g/mol. The molecule has 1 aromatic carbocycles. The summed E-state index contributed by atoms with van der Waals surface area (Å²) in [6.07, 6.45) is 2.14. The second-order valence-corrected chi connectivity index (χ2v) is 9.95. The van der Waals surface area contributed by atoms with Gasteiger partial charge in [-0.25, -0.2) is 17.7 Å². The van der Waals surface area contributed by atoms with E-state index in [4.69, 9.17) is 4.99 Å². The van der Waals surface area contributed by atoms with Crippen molar-refractivity contribution in [3.8, 4) is 0 Å². The molecular weight excluding hydrogens is 414 g/mol. The first-order valence-corrected chi connectivity index (χ1v) is 12.4. The van der Waals surface area contributed by atoms with Crippen molar-refractivity contribution in [2.24, 2.45) is 12.0 Å². The van der Waals surface area contributed by atoms with Gasteiger partial charge in [0.25, 0.3) is 0 Å². The monoisotopic (exact) mass is 447 g/mol. The minimum Gasteiger partial charge on any atom is -0.354 e. The quantitative estimate of drug-likeness (QED) is 0.470. The molecule has 1 aliphatic heterocycles. The summed E-state index contributed by atoms with van der Waals surface area (Å²) in [5.74, 6) is 2.59. The van der Waals surface area contributed by atoms with E-state index in [-0.39, 0.29) is 11.8 Å². The largest absolute Gasteiger partial charge is 0.354 e. The van der Waals surface area contributed by atoms with Gasteiger partial charge in [0.15, 0.2) is 11.8 Å². The zero-order valence-electron chi connectivity index (χ0n) is 18.6. The summed E-state index contributed by atoms with van der Waals surface area (Å²) in [7, 11) is -1.20. The van der Waals surface area contributed by atoms with Crippen molar-refractivity contribution >= 4 is 16.0 Å². The Kier molecular flexibility index (Phi) is 8.03. The Hall–Kier alpha value is -2.46. The van der Waals surface area contributed by atoms with Gasteiger partial charge in [-0.05, 0) is 31.7 Å². The normalized spacial score (nSPS) is 16.4. The molecule has 31 heavy (non-hydrogen) atoms. The van der Waals surface area contributed by atoms with Crippen LogP contribution >= 0.6 is 0 Å². The SMILES string of the molecule is CCCS(=O)(=O)N1CCC(NC(=NCc2ccccc2)NCc2nnc(C)n2C)CC1. The third-order valence-corrected chi connectivity index (χ3v) is 7.59. The highest BCUT2D eigenvalue weighted by atomic mass is 32.2. The second kappa shape index (κ2) is 10.7. The Labute approximate surface area is 185 Å². The van der Waals surface area contributed by atoms with Crippen molar-refractivity contribution < 1.29 is 8.42 Å². The molecule has 0 atom stereocenters. The lowest BCUT2D eigenvalue weighted by atomic mass is 10.1. The molecule has 1 aliphatic rings. The van der Waals surface area contributed by atoms with Crippen LogP contribution in [0.4, 0.5) is 0 Å². The fourth-order valence-electron chi connectivity index (χ4n) is 3.53. The van der Waals surface area contributed by atoms with E-state index in [0.717, 1.165) is 30.1 Å². The number of nitrogens with one attached hydrogen (secondary N) is 2. The van der Waals surface area contributed by atoms with Crippen LogP contribution < -0.4 is 10.6 Å². The average Bonchev–Trinajstić information content (AvgIpc) is 3.09. The van der Waals surface area contributed by atoms with E-state index in [1.54, 1.807) is 4.31 Å². The van der Waals surface area contributed by atoms with E-state index in [0.29, 0.717) is 38.6 Å². The molecule has 1 saturated heterocycles. The van der Waals surface area contributed by atoms with Gasteiger partial charge in [0.1, 0.15) is 5.82 Å². The van der Waals surface area contributed by atoms with E-state index in [1.165, 1.54) is 0 Å². The third-order valence-electron chi connectivity index (χ3n) is 5.51. The van der Waals surface area contributed by atoms with Gasteiger partial charge in [-0.1, -0.05) is 37.3 Å². The molecule has 3 rings (SSSR count). The number of sulfonamides is 1. The minimum absolute atomic E-state index is 0.163. The predicted molar refractivity (Wildman–Crippen MR) is 122 cm³/mol. The summed E-state index contributed by atoms with van der Waals surface area (Å²) in [6.45, 7) is 5.94. The number of nitrogens with zero attached hydrogens (tertiary/aromatic N) is 5. The summed E-state index contributed by atoms with van der Waals surface area (Å²) in [4.78, 5) is 4.74. The molecule has 0 radical (unpaired) electrons. The van der Waals surface area contributed by atoms with Crippen molar-refractivity contribution in [1.29, 1.82) is 0 Å². The third kappa shape index (κ3) is 6.51. The highest BCUT2D eigenvalue weighted by Gasteiger charge is 2.27. The van der Waals surface area contributed by atoms with Crippen LogP contribution in [0.5, 0.6) is 0 Å². The van der Waals surface area contributed by atoms with Crippen LogP contribution in [-0.4, -0.2) is 58.3 Å². The standard InChI is InChI=1S/C21H33N7O2S/c1-4-14-31(29,30)28-12-10-19(11-13-28)24-21(22-15-18-8-6-5-7-9-18)23-16-20-26-25-17(2)27(20)3/h5-9,19H,4,10-16H2,1-3H3,(H2,22,23,24). The number of hydrogen-bond donors (Lipinski definition) is 2. The summed E-state index contributed by atoms with van der Waals surface area (Å²) in [6, 6.07) is 10.2. The Morgan fingerprint density at radius 2 is 1.90 bits per heavy atom. The first-order chi connectivity index (χ1) is 14.9. The molecule has 2 aromatic rings. The smallest absolute Gasteiger partial charge is 0.214 e. The zero-order chi connectivity index (χ0) is 22.3. The molecule has 0 aliphatic carbocycles. The lowest BCUT2D eigenvalue weighted by Gasteiger charge is -2.32. The lowest BCUT2D eigenvalue weighted by Crippen LogP contribution is -2.50. The van der Waals surface area contributed by atoms with Crippen LogP contribution in [0.15, 0.2) is 35.3 Å². The van der Waals surface area contributed by atoms with Gasteiger partial charge in [0.2, 0.25) is 10.0 Å². The number of aliphatic imine (C=N–C) groups is 1. The summed E-state index contributed by atoms with van der Waals surface area (Å²) >= 11 is 0. The van der Waals surface area contributed by atoms with Crippen LogP contribution in [-0.2, 0) is 30.2 Å². The number of benzene rings is 1. The molecule has 10 heteroatoms. The molecule has 9 nitrogen and oxygen atoms in total. The van der Waals surface area contributed by atoms with Gasteiger partial charge in [-0.3, -0.25) is 0 Å². The Morgan fingerprint density at radius 3 is 2.52 bits per heavy atom. The van der Waals surface area contributed by atoms with Gasteiger partial charge in [0, 0.05) is 26.2 Å². The van der Waals surface area contributed by atoms with Crippen molar-refractivity contribution in [1.82, 2.24) is 29.7 Å². The predicted octanol–water partition coefficient (Wildman–Crippen LogP) is 1.56. The Bertz CT molecular complexity index is 965. The molecule has 1 aromatic heterocycles. The van der Waals surface area contributed by atoms with Gasteiger partial charge in [-0.2, -0.15) is 0 Å². The first kappa shape index (κ1) is 23.2. The number of aryl methyl sites for hydroxylation is 1. The Balaban J connectivity index is 1.63. The van der Waals surface area contributed by atoms with Crippen LogP contribution in [0, 0.1) is 6.92 Å². The van der Waals surface area contributed by atoms with Crippen LogP contribution in [0.2, 0.25) is 0 Å². The van der Waals surface area contributed by atoms with Gasteiger partial charge < -0.3 is 15.2 Å². The Morgan fingerprint density at radius 1 is 1.19 bits per heavy atom. The second-order valence-electron chi connectivity index (χ2n) is 7.86.